The van der Waals surface area contributed by atoms with Crippen molar-refractivity contribution in [2.45, 2.75) is 25.3 Å². The molecule has 1 saturated carbocycles. The summed E-state index contributed by atoms with van der Waals surface area (Å²) in [5, 5.41) is 0. The molecular formula is C11H23N3O2. The van der Waals surface area contributed by atoms with Crippen molar-refractivity contribution in [2.75, 3.05) is 33.4 Å². The maximum absolute atomic E-state index is 11.5. The van der Waals surface area contributed by atoms with Crippen LogP contribution in [0.25, 0.3) is 0 Å². The van der Waals surface area contributed by atoms with Gasteiger partial charge in [0.25, 0.3) is 0 Å². The lowest BCUT2D eigenvalue weighted by Crippen LogP contribution is -2.61. The average Bonchev–Trinajstić information content (AvgIpc) is 3.07. The molecule has 1 unspecified atom stereocenters. The smallest absolute Gasteiger partial charge is 0.239 e. The summed E-state index contributed by atoms with van der Waals surface area (Å²) in [5.41, 5.74) is 10.7. The zero-order chi connectivity index (χ0) is 12.2. The number of hydrogen-bond acceptors (Lipinski definition) is 4. The fraction of sp³-hybridized carbons (Fsp3) is 0.909. The molecule has 1 amide bonds. The highest BCUT2D eigenvalue weighted by Gasteiger charge is 2.47. The fourth-order valence-electron chi connectivity index (χ4n) is 1.95. The van der Waals surface area contributed by atoms with Crippen molar-refractivity contribution in [1.82, 2.24) is 4.90 Å². The number of likely N-dealkylation sites (N-methyl/N-ethyl adjacent to an activating group) is 1. The van der Waals surface area contributed by atoms with Crippen LogP contribution in [-0.4, -0.2) is 49.7 Å². The predicted molar refractivity (Wildman–Crippen MR) is 62.8 cm³/mol. The summed E-state index contributed by atoms with van der Waals surface area (Å²) in [6.45, 7) is 4.86. The number of rotatable bonds is 8. The van der Waals surface area contributed by atoms with Gasteiger partial charge >= 0.3 is 0 Å². The van der Waals surface area contributed by atoms with Crippen LogP contribution in [0.15, 0.2) is 0 Å². The number of amides is 1. The zero-order valence-electron chi connectivity index (χ0n) is 10.2. The summed E-state index contributed by atoms with van der Waals surface area (Å²) >= 11 is 0. The summed E-state index contributed by atoms with van der Waals surface area (Å²) in [4.78, 5) is 13.6. The highest BCUT2D eigenvalue weighted by molar-refractivity contribution is 5.85. The van der Waals surface area contributed by atoms with Crippen molar-refractivity contribution < 1.29 is 9.53 Å². The first-order valence-corrected chi connectivity index (χ1v) is 5.84. The number of nitrogens with zero attached hydrogens (tertiary/aromatic N) is 1. The Kier molecular flexibility index (Phi) is 4.70. The number of ether oxygens (including phenoxy) is 1. The van der Waals surface area contributed by atoms with E-state index in [1.807, 2.05) is 6.92 Å². The zero-order valence-corrected chi connectivity index (χ0v) is 10.2. The first-order valence-electron chi connectivity index (χ1n) is 5.84. The predicted octanol–water partition coefficient (Wildman–Crippen LogP) is -0.452. The van der Waals surface area contributed by atoms with E-state index in [2.05, 4.69) is 4.90 Å². The van der Waals surface area contributed by atoms with Gasteiger partial charge in [0.2, 0.25) is 5.91 Å². The van der Waals surface area contributed by atoms with E-state index in [0.29, 0.717) is 13.2 Å². The molecule has 5 nitrogen and oxygen atoms in total. The molecule has 1 aliphatic carbocycles. The summed E-state index contributed by atoms with van der Waals surface area (Å²) in [6.07, 6.45) is 2.03. The average molecular weight is 229 g/mol. The minimum absolute atomic E-state index is 0.265. The molecule has 16 heavy (non-hydrogen) atoms. The Morgan fingerprint density at radius 1 is 1.56 bits per heavy atom. The number of carbonyl (C=O) groups is 1. The molecule has 1 fully saturated rings. The van der Waals surface area contributed by atoms with Crippen molar-refractivity contribution in [1.29, 1.82) is 0 Å². The van der Waals surface area contributed by atoms with Gasteiger partial charge in [-0.15, -0.1) is 0 Å². The molecular weight excluding hydrogens is 206 g/mol. The monoisotopic (exact) mass is 229 g/mol. The van der Waals surface area contributed by atoms with E-state index in [9.17, 15) is 4.79 Å². The van der Waals surface area contributed by atoms with Gasteiger partial charge in [-0.1, -0.05) is 6.92 Å². The number of primary amides is 1. The highest BCUT2D eigenvalue weighted by Crippen LogP contribution is 2.38. The Morgan fingerprint density at radius 2 is 2.19 bits per heavy atom. The van der Waals surface area contributed by atoms with Crippen LogP contribution in [0.3, 0.4) is 0 Å². The minimum Gasteiger partial charge on any atom is -0.383 e. The van der Waals surface area contributed by atoms with Crippen LogP contribution in [0.1, 0.15) is 19.8 Å². The Hall–Kier alpha value is -0.650. The first-order chi connectivity index (χ1) is 7.54. The fourth-order valence-corrected chi connectivity index (χ4v) is 1.95. The first kappa shape index (κ1) is 13.4. The van der Waals surface area contributed by atoms with Crippen molar-refractivity contribution in [2.24, 2.45) is 17.4 Å². The second-order valence-corrected chi connectivity index (χ2v) is 4.54. The Balaban J connectivity index is 2.55. The molecule has 0 saturated heterocycles. The van der Waals surface area contributed by atoms with E-state index in [0.717, 1.165) is 25.9 Å². The van der Waals surface area contributed by atoms with E-state index >= 15 is 0 Å². The van der Waals surface area contributed by atoms with Gasteiger partial charge in [-0.3, -0.25) is 9.69 Å². The summed E-state index contributed by atoms with van der Waals surface area (Å²) in [5.74, 6) is -0.118. The van der Waals surface area contributed by atoms with Crippen LogP contribution < -0.4 is 11.5 Å². The third kappa shape index (κ3) is 3.17. The number of methoxy groups -OCH3 is 1. The van der Waals surface area contributed by atoms with Gasteiger partial charge in [0, 0.05) is 20.2 Å². The third-order valence-electron chi connectivity index (χ3n) is 3.31. The molecule has 0 aromatic carbocycles. The van der Waals surface area contributed by atoms with Crippen molar-refractivity contribution in [3.8, 4) is 0 Å². The minimum atomic E-state index is -0.857. The summed E-state index contributed by atoms with van der Waals surface area (Å²) in [6, 6.07) is 0. The second-order valence-electron chi connectivity index (χ2n) is 4.54. The largest absolute Gasteiger partial charge is 0.383 e. The van der Waals surface area contributed by atoms with Gasteiger partial charge < -0.3 is 16.2 Å². The molecule has 0 aromatic heterocycles. The molecule has 0 spiro atoms. The molecule has 4 N–H and O–H groups in total. The second kappa shape index (κ2) is 5.61. The lowest BCUT2D eigenvalue weighted by molar-refractivity contribution is -0.124. The van der Waals surface area contributed by atoms with Crippen LogP contribution in [0.2, 0.25) is 0 Å². The number of hydrogen-bond donors (Lipinski definition) is 2. The molecule has 1 rings (SSSR count). The Labute approximate surface area is 97.1 Å². The molecule has 0 aliphatic heterocycles. The standard InChI is InChI=1S/C11H23N3O2/c1-3-14(6-7-16-2)8-11(13,10(12)15)9-4-5-9/h9H,3-8,13H2,1-2H3,(H2,12,15). The molecule has 0 aromatic rings. The van der Waals surface area contributed by atoms with Gasteiger partial charge in [-0.05, 0) is 25.3 Å². The quantitative estimate of drug-likeness (QED) is 0.590. The number of carbonyl (C=O) groups excluding carboxylic acids is 1. The summed E-state index contributed by atoms with van der Waals surface area (Å²) in [7, 11) is 1.67. The third-order valence-corrected chi connectivity index (χ3v) is 3.31. The molecule has 0 bridgehead atoms. The maximum Gasteiger partial charge on any atom is 0.239 e. The summed E-state index contributed by atoms with van der Waals surface area (Å²) < 4.78 is 5.03. The van der Waals surface area contributed by atoms with E-state index in [1.54, 1.807) is 7.11 Å². The molecule has 1 atom stereocenters. The van der Waals surface area contributed by atoms with Gasteiger partial charge in [0.1, 0.15) is 5.54 Å². The molecule has 0 radical (unpaired) electrons. The Bertz CT molecular complexity index is 243. The van der Waals surface area contributed by atoms with Gasteiger partial charge in [0.05, 0.1) is 6.61 Å². The van der Waals surface area contributed by atoms with E-state index in [1.165, 1.54) is 0 Å². The molecule has 1 aliphatic rings. The van der Waals surface area contributed by atoms with E-state index < -0.39 is 5.54 Å². The van der Waals surface area contributed by atoms with Crippen LogP contribution in [0.5, 0.6) is 0 Å². The topological polar surface area (TPSA) is 81.6 Å². The van der Waals surface area contributed by atoms with Gasteiger partial charge in [-0.2, -0.15) is 0 Å². The van der Waals surface area contributed by atoms with Crippen LogP contribution in [-0.2, 0) is 9.53 Å². The van der Waals surface area contributed by atoms with Crippen molar-refractivity contribution in [3.05, 3.63) is 0 Å². The molecule has 0 heterocycles. The molecule has 94 valence electrons. The van der Waals surface area contributed by atoms with Gasteiger partial charge in [-0.25, -0.2) is 0 Å². The van der Waals surface area contributed by atoms with Crippen LogP contribution in [0, 0.1) is 5.92 Å². The normalized spacial score (nSPS) is 19.8. The van der Waals surface area contributed by atoms with Gasteiger partial charge in [0.15, 0.2) is 0 Å². The Morgan fingerprint density at radius 3 is 2.56 bits per heavy atom. The number of nitrogens with two attached hydrogens (primary N) is 2. The SMILES string of the molecule is CCN(CCOC)CC(N)(C(N)=O)C1CC1. The van der Waals surface area contributed by atoms with E-state index in [4.69, 9.17) is 16.2 Å². The van der Waals surface area contributed by atoms with Crippen LogP contribution >= 0.6 is 0 Å². The highest BCUT2D eigenvalue weighted by atomic mass is 16.5. The van der Waals surface area contributed by atoms with Crippen LogP contribution in [0.4, 0.5) is 0 Å². The van der Waals surface area contributed by atoms with E-state index in [-0.39, 0.29) is 11.8 Å². The lowest BCUT2D eigenvalue weighted by atomic mass is 9.93. The lowest BCUT2D eigenvalue weighted by Gasteiger charge is -2.32. The molecule has 5 heteroatoms. The maximum atomic E-state index is 11.5. The van der Waals surface area contributed by atoms with Crippen molar-refractivity contribution >= 4 is 5.91 Å². The van der Waals surface area contributed by atoms with Crippen molar-refractivity contribution in [3.63, 3.8) is 0 Å².